The minimum atomic E-state index is -3.40. The van der Waals surface area contributed by atoms with Crippen molar-refractivity contribution in [2.45, 2.75) is 25.1 Å². The molecule has 106 valence electrons. The molecule has 0 aromatic heterocycles. The topological polar surface area (TPSA) is 103 Å². The summed E-state index contributed by atoms with van der Waals surface area (Å²) in [6.07, 6.45) is 0.340. The second kappa shape index (κ2) is 6.44. The smallest absolute Gasteiger partial charge is 0.274 e. The van der Waals surface area contributed by atoms with E-state index in [2.05, 4.69) is 15.9 Å². The maximum Gasteiger partial charge on any atom is 0.274 e. The molecule has 1 rings (SSSR count). The first-order valence-corrected chi connectivity index (χ1v) is 8.21. The second-order valence-electron chi connectivity index (χ2n) is 4.39. The standard InChI is InChI=1S/C11H15BrN2O4S/c1-8(13)4-5-19(17,18)7-9-2-3-10(12)6-11(9)14(15)16/h2-3,6,8H,4-5,7,13H2,1H3. The van der Waals surface area contributed by atoms with Gasteiger partial charge in [0.25, 0.3) is 5.69 Å². The zero-order valence-corrected chi connectivity index (χ0v) is 12.8. The molecule has 0 aliphatic heterocycles. The lowest BCUT2D eigenvalue weighted by atomic mass is 10.2. The molecule has 0 fully saturated rings. The highest BCUT2D eigenvalue weighted by molar-refractivity contribution is 9.10. The van der Waals surface area contributed by atoms with Crippen LogP contribution in [0.3, 0.4) is 0 Å². The molecule has 0 bridgehead atoms. The average Bonchev–Trinajstić information content (AvgIpc) is 2.28. The van der Waals surface area contributed by atoms with Gasteiger partial charge in [-0.15, -0.1) is 0 Å². The summed E-state index contributed by atoms with van der Waals surface area (Å²) in [6.45, 7) is 1.72. The van der Waals surface area contributed by atoms with Crippen molar-refractivity contribution in [1.29, 1.82) is 0 Å². The monoisotopic (exact) mass is 350 g/mol. The summed E-state index contributed by atoms with van der Waals surface area (Å²) < 4.78 is 24.3. The van der Waals surface area contributed by atoms with Crippen LogP contribution in [0.15, 0.2) is 22.7 Å². The summed E-state index contributed by atoms with van der Waals surface area (Å²) in [5, 5.41) is 10.9. The fourth-order valence-corrected chi connectivity index (χ4v) is 3.45. The van der Waals surface area contributed by atoms with Gasteiger partial charge in [-0.3, -0.25) is 10.1 Å². The Balaban J connectivity index is 2.96. The maximum absolute atomic E-state index is 11.9. The van der Waals surface area contributed by atoms with Gasteiger partial charge in [0.2, 0.25) is 0 Å². The highest BCUT2D eigenvalue weighted by Crippen LogP contribution is 2.25. The van der Waals surface area contributed by atoms with E-state index in [1.165, 1.54) is 12.1 Å². The van der Waals surface area contributed by atoms with Crippen LogP contribution in [0.25, 0.3) is 0 Å². The van der Waals surface area contributed by atoms with Crippen molar-refractivity contribution in [3.8, 4) is 0 Å². The van der Waals surface area contributed by atoms with E-state index in [1.807, 2.05) is 0 Å². The molecule has 0 spiro atoms. The fraction of sp³-hybridized carbons (Fsp3) is 0.455. The molecule has 1 atom stereocenters. The number of nitrogens with zero attached hydrogens (tertiary/aromatic N) is 1. The largest absolute Gasteiger partial charge is 0.328 e. The molecule has 0 saturated heterocycles. The molecule has 1 aromatic rings. The van der Waals surface area contributed by atoms with Crippen LogP contribution in [-0.4, -0.2) is 25.1 Å². The van der Waals surface area contributed by atoms with Gasteiger partial charge in [-0.25, -0.2) is 8.42 Å². The molecule has 0 aliphatic carbocycles. The summed E-state index contributed by atoms with van der Waals surface area (Å²) in [5.74, 6) is -0.415. The summed E-state index contributed by atoms with van der Waals surface area (Å²) in [5.41, 5.74) is 5.51. The van der Waals surface area contributed by atoms with Gasteiger partial charge >= 0.3 is 0 Å². The van der Waals surface area contributed by atoms with Crippen molar-refractivity contribution in [3.05, 3.63) is 38.3 Å². The quantitative estimate of drug-likeness (QED) is 0.624. The van der Waals surface area contributed by atoms with E-state index < -0.39 is 14.8 Å². The lowest BCUT2D eigenvalue weighted by molar-refractivity contribution is -0.385. The summed E-state index contributed by atoms with van der Waals surface area (Å²) in [6, 6.07) is 4.13. The molecular formula is C11H15BrN2O4S. The minimum absolute atomic E-state index is 0.0715. The third kappa shape index (κ3) is 5.25. The van der Waals surface area contributed by atoms with Crippen LogP contribution in [0.1, 0.15) is 18.9 Å². The Morgan fingerprint density at radius 1 is 1.47 bits per heavy atom. The lowest BCUT2D eigenvalue weighted by Gasteiger charge is -2.07. The van der Waals surface area contributed by atoms with Gasteiger partial charge in [-0.1, -0.05) is 22.0 Å². The number of nitrogens with two attached hydrogens (primary N) is 1. The van der Waals surface area contributed by atoms with Gasteiger partial charge in [0, 0.05) is 22.1 Å². The molecule has 19 heavy (non-hydrogen) atoms. The molecule has 2 N–H and O–H groups in total. The van der Waals surface area contributed by atoms with Gasteiger partial charge in [0.15, 0.2) is 9.84 Å². The Morgan fingerprint density at radius 3 is 2.63 bits per heavy atom. The zero-order chi connectivity index (χ0) is 14.6. The van der Waals surface area contributed by atoms with Crippen molar-refractivity contribution < 1.29 is 13.3 Å². The molecule has 8 heteroatoms. The maximum atomic E-state index is 11.9. The van der Waals surface area contributed by atoms with Crippen molar-refractivity contribution in [1.82, 2.24) is 0 Å². The Hall–Kier alpha value is -0.990. The Labute approximate surface area is 120 Å². The van der Waals surface area contributed by atoms with Crippen LogP contribution in [-0.2, 0) is 15.6 Å². The number of rotatable bonds is 6. The fourth-order valence-electron chi connectivity index (χ4n) is 1.50. The number of hydrogen-bond donors (Lipinski definition) is 1. The number of hydrogen-bond acceptors (Lipinski definition) is 5. The van der Waals surface area contributed by atoms with Crippen LogP contribution >= 0.6 is 15.9 Å². The Morgan fingerprint density at radius 2 is 2.11 bits per heavy atom. The second-order valence-corrected chi connectivity index (χ2v) is 7.49. The Bertz CT molecular complexity index is 572. The highest BCUT2D eigenvalue weighted by atomic mass is 79.9. The minimum Gasteiger partial charge on any atom is -0.328 e. The van der Waals surface area contributed by atoms with Crippen molar-refractivity contribution in [2.24, 2.45) is 5.73 Å². The first-order valence-electron chi connectivity index (χ1n) is 5.60. The van der Waals surface area contributed by atoms with E-state index in [-0.39, 0.29) is 28.8 Å². The third-order valence-electron chi connectivity index (χ3n) is 2.50. The van der Waals surface area contributed by atoms with E-state index in [9.17, 15) is 18.5 Å². The number of benzene rings is 1. The number of nitro benzene ring substituents is 1. The lowest BCUT2D eigenvalue weighted by Crippen LogP contribution is -2.21. The molecule has 0 aliphatic rings. The number of nitro groups is 1. The van der Waals surface area contributed by atoms with Crippen LogP contribution in [0.4, 0.5) is 5.69 Å². The van der Waals surface area contributed by atoms with Crippen LogP contribution in [0, 0.1) is 10.1 Å². The molecule has 1 aromatic carbocycles. The van der Waals surface area contributed by atoms with Crippen molar-refractivity contribution in [3.63, 3.8) is 0 Å². The molecule has 6 nitrogen and oxygen atoms in total. The molecule has 0 heterocycles. The molecule has 0 radical (unpaired) electrons. The number of halogens is 1. The van der Waals surface area contributed by atoms with E-state index in [0.29, 0.717) is 10.9 Å². The van der Waals surface area contributed by atoms with E-state index in [4.69, 9.17) is 5.73 Å². The molecule has 0 saturated carbocycles. The predicted octanol–water partition coefficient (Wildman–Crippen LogP) is 2.01. The first-order chi connectivity index (χ1) is 8.71. The summed E-state index contributed by atoms with van der Waals surface area (Å²) in [4.78, 5) is 10.3. The van der Waals surface area contributed by atoms with Crippen molar-refractivity contribution >= 4 is 31.5 Å². The van der Waals surface area contributed by atoms with Gasteiger partial charge in [-0.2, -0.15) is 0 Å². The third-order valence-corrected chi connectivity index (χ3v) is 4.61. The van der Waals surface area contributed by atoms with Crippen LogP contribution in [0.5, 0.6) is 0 Å². The van der Waals surface area contributed by atoms with Crippen LogP contribution < -0.4 is 5.73 Å². The van der Waals surface area contributed by atoms with E-state index >= 15 is 0 Å². The number of sulfone groups is 1. The Kier molecular flexibility index (Phi) is 5.45. The normalized spacial score (nSPS) is 13.2. The SMILES string of the molecule is CC(N)CCS(=O)(=O)Cc1ccc(Br)cc1[N+](=O)[O-]. The predicted molar refractivity (Wildman–Crippen MR) is 76.6 cm³/mol. The zero-order valence-electron chi connectivity index (χ0n) is 10.4. The summed E-state index contributed by atoms with van der Waals surface area (Å²) in [7, 11) is -3.40. The van der Waals surface area contributed by atoms with Crippen LogP contribution in [0.2, 0.25) is 0 Å². The van der Waals surface area contributed by atoms with E-state index in [0.717, 1.165) is 0 Å². The molecule has 0 amide bonds. The van der Waals surface area contributed by atoms with Gasteiger partial charge in [0.05, 0.1) is 16.4 Å². The summed E-state index contributed by atoms with van der Waals surface area (Å²) >= 11 is 3.12. The molecular weight excluding hydrogens is 336 g/mol. The van der Waals surface area contributed by atoms with Gasteiger partial charge in [0.1, 0.15) is 0 Å². The van der Waals surface area contributed by atoms with Gasteiger partial charge in [-0.05, 0) is 19.4 Å². The highest BCUT2D eigenvalue weighted by Gasteiger charge is 2.20. The molecule has 1 unspecified atom stereocenters. The van der Waals surface area contributed by atoms with E-state index in [1.54, 1.807) is 13.0 Å². The van der Waals surface area contributed by atoms with Crippen molar-refractivity contribution in [2.75, 3.05) is 5.75 Å². The first kappa shape index (κ1) is 16.1. The van der Waals surface area contributed by atoms with Gasteiger partial charge < -0.3 is 5.73 Å². The average molecular weight is 351 g/mol.